The van der Waals surface area contributed by atoms with Crippen molar-refractivity contribution in [1.82, 2.24) is 0 Å². The van der Waals surface area contributed by atoms with E-state index in [1.807, 2.05) is 0 Å². The third-order valence-corrected chi connectivity index (χ3v) is 4.98. The third-order valence-electron chi connectivity index (χ3n) is 4.24. The van der Waals surface area contributed by atoms with Crippen LogP contribution in [0.5, 0.6) is 11.5 Å². The lowest BCUT2D eigenvalue weighted by molar-refractivity contribution is -0.385. The first-order chi connectivity index (χ1) is 13.8. The molecule has 1 aliphatic heterocycles. The molecule has 2 aromatic rings. The summed E-state index contributed by atoms with van der Waals surface area (Å²) in [5, 5.41) is 17.5. The van der Waals surface area contributed by atoms with Crippen molar-refractivity contribution >= 4 is 52.3 Å². The number of carbonyl (C=O) groups is 1. The fourth-order valence-corrected chi connectivity index (χ4v) is 3.08. The number of rotatable bonds is 5. The number of nitrogens with zero attached hydrogens (tertiary/aromatic N) is 3. The monoisotopic (exact) mass is 435 g/mol. The second kappa shape index (κ2) is 8.10. The molecule has 0 unspecified atom stereocenters. The van der Waals surface area contributed by atoms with Gasteiger partial charge in [0.2, 0.25) is 0 Å². The van der Waals surface area contributed by atoms with E-state index < -0.39 is 10.8 Å². The second-order valence-electron chi connectivity index (χ2n) is 5.98. The van der Waals surface area contributed by atoms with Crippen molar-refractivity contribution in [1.29, 1.82) is 0 Å². The molecule has 10 heteroatoms. The predicted molar refractivity (Wildman–Crippen MR) is 111 cm³/mol. The standard InChI is InChI=1S/C19H15Cl2N3O5/c1-10-13(19(25)23(22-10)12-4-5-14(20)15(21)8-12)6-11-7-17(28-2)18(29-3)9-16(11)24(26)27/h4-9H,1-3H3. The van der Waals surface area contributed by atoms with E-state index in [9.17, 15) is 14.9 Å². The van der Waals surface area contributed by atoms with E-state index in [0.29, 0.717) is 22.2 Å². The maximum absolute atomic E-state index is 12.9. The zero-order chi connectivity index (χ0) is 21.3. The van der Waals surface area contributed by atoms with Crippen molar-refractivity contribution in [3.63, 3.8) is 0 Å². The largest absolute Gasteiger partial charge is 0.493 e. The number of nitro groups is 1. The fourth-order valence-electron chi connectivity index (χ4n) is 2.79. The van der Waals surface area contributed by atoms with Crippen molar-refractivity contribution in [2.45, 2.75) is 6.92 Å². The molecule has 8 nitrogen and oxygen atoms in total. The van der Waals surface area contributed by atoms with Crippen LogP contribution in [0.4, 0.5) is 11.4 Å². The summed E-state index contributed by atoms with van der Waals surface area (Å²) in [6.07, 6.45) is 1.40. The van der Waals surface area contributed by atoms with Crippen LogP contribution >= 0.6 is 23.2 Å². The van der Waals surface area contributed by atoms with E-state index in [-0.39, 0.29) is 27.6 Å². The van der Waals surface area contributed by atoms with Gasteiger partial charge >= 0.3 is 0 Å². The van der Waals surface area contributed by atoms with Crippen molar-refractivity contribution in [2.24, 2.45) is 5.10 Å². The summed E-state index contributed by atoms with van der Waals surface area (Å²) in [6.45, 7) is 1.63. The molecule has 0 aliphatic carbocycles. The summed E-state index contributed by atoms with van der Waals surface area (Å²) in [5.74, 6) is 0.0539. The maximum atomic E-state index is 12.9. The van der Waals surface area contributed by atoms with Crippen LogP contribution in [0.25, 0.3) is 6.08 Å². The van der Waals surface area contributed by atoms with Gasteiger partial charge in [-0.05, 0) is 37.3 Å². The Bertz CT molecular complexity index is 1080. The molecule has 0 saturated heterocycles. The molecular weight excluding hydrogens is 421 g/mol. The highest BCUT2D eigenvalue weighted by Crippen LogP contribution is 2.37. The third kappa shape index (κ3) is 3.90. The van der Waals surface area contributed by atoms with E-state index in [1.54, 1.807) is 19.1 Å². The first-order valence-corrected chi connectivity index (χ1v) is 8.99. The highest BCUT2D eigenvalue weighted by Gasteiger charge is 2.30. The molecule has 0 saturated carbocycles. The fraction of sp³-hybridized carbons (Fsp3) is 0.158. The zero-order valence-electron chi connectivity index (χ0n) is 15.6. The van der Waals surface area contributed by atoms with E-state index in [0.717, 1.165) is 5.01 Å². The molecule has 0 radical (unpaired) electrons. The van der Waals surface area contributed by atoms with Crippen LogP contribution in [0.3, 0.4) is 0 Å². The van der Waals surface area contributed by atoms with Gasteiger partial charge in [0.25, 0.3) is 11.6 Å². The Kier molecular flexibility index (Phi) is 5.76. The van der Waals surface area contributed by atoms with Crippen LogP contribution in [0.15, 0.2) is 41.0 Å². The van der Waals surface area contributed by atoms with E-state index in [4.69, 9.17) is 32.7 Å². The lowest BCUT2D eigenvalue weighted by Gasteiger charge is -2.12. The van der Waals surface area contributed by atoms with Gasteiger partial charge in [0, 0.05) is 0 Å². The van der Waals surface area contributed by atoms with Crippen LogP contribution in [0, 0.1) is 10.1 Å². The number of hydrogen-bond donors (Lipinski definition) is 0. The summed E-state index contributed by atoms with van der Waals surface area (Å²) in [7, 11) is 2.80. The Balaban J connectivity index is 2.07. The maximum Gasteiger partial charge on any atom is 0.280 e. The number of methoxy groups -OCH3 is 2. The quantitative estimate of drug-likeness (QED) is 0.384. The number of halogens is 2. The lowest BCUT2D eigenvalue weighted by atomic mass is 10.0. The van der Waals surface area contributed by atoms with Crippen LogP contribution in [-0.4, -0.2) is 30.8 Å². The second-order valence-corrected chi connectivity index (χ2v) is 6.80. The summed E-state index contributed by atoms with van der Waals surface area (Å²) in [6, 6.07) is 7.35. The molecule has 0 fully saturated rings. The normalized spacial score (nSPS) is 14.9. The van der Waals surface area contributed by atoms with Crippen LogP contribution in [0.2, 0.25) is 10.0 Å². The van der Waals surface area contributed by atoms with E-state index in [2.05, 4.69) is 5.10 Å². The molecule has 29 heavy (non-hydrogen) atoms. The Labute approximate surface area is 176 Å². The average molecular weight is 436 g/mol. The zero-order valence-corrected chi connectivity index (χ0v) is 17.1. The summed E-state index contributed by atoms with van der Waals surface area (Å²) < 4.78 is 10.3. The van der Waals surface area contributed by atoms with Crippen molar-refractivity contribution < 1.29 is 19.2 Å². The molecular formula is C19H15Cl2N3O5. The van der Waals surface area contributed by atoms with Gasteiger partial charge in [-0.1, -0.05) is 23.2 Å². The van der Waals surface area contributed by atoms with Gasteiger partial charge in [-0.15, -0.1) is 0 Å². The Morgan fingerprint density at radius 1 is 1.10 bits per heavy atom. The molecule has 1 aliphatic rings. The molecule has 0 aromatic heterocycles. The molecule has 150 valence electrons. The number of anilines is 1. The van der Waals surface area contributed by atoms with Gasteiger partial charge in [-0.2, -0.15) is 10.1 Å². The topological polar surface area (TPSA) is 94.3 Å². The van der Waals surface area contributed by atoms with Gasteiger partial charge in [-0.25, -0.2) is 0 Å². The number of hydrazone groups is 1. The average Bonchev–Trinajstić information content (AvgIpc) is 2.97. The SMILES string of the molecule is COc1cc(C=C2C(=O)N(c3ccc(Cl)c(Cl)c3)N=C2C)c([N+](=O)[O-])cc1OC. The predicted octanol–water partition coefficient (Wildman–Crippen LogP) is 4.72. The summed E-state index contributed by atoms with van der Waals surface area (Å²) in [4.78, 5) is 23.9. The van der Waals surface area contributed by atoms with Gasteiger partial charge < -0.3 is 9.47 Å². The van der Waals surface area contributed by atoms with Crippen LogP contribution < -0.4 is 14.5 Å². The molecule has 1 heterocycles. The van der Waals surface area contributed by atoms with E-state index >= 15 is 0 Å². The number of carbonyl (C=O) groups excluding carboxylic acids is 1. The Hall–Kier alpha value is -3.10. The molecule has 2 aromatic carbocycles. The molecule has 0 bridgehead atoms. The van der Waals surface area contributed by atoms with Crippen LogP contribution in [0.1, 0.15) is 12.5 Å². The first-order valence-electron chi connectivity index (χ1n) is 8.24. The van der Waals surface area contributed by atoms with Crippen LogP contribution in [-0.2, 0) is 4.79 Å². The number of amides is 1. The van der Waals surface area contributed by atoms with Crippen molar-refractivity contribution in [3.8, 4) is 11.5 Å². The lowest BCUT2D eigenvalue weighted by Crippen LogP contribution is -2.21. The van der Waals surface area contributed by atoms with Gasteiger partial charge in [0.15, 0.2) is 11.5 Å². The minimum absolute atomic E-state index is 0.182. The minimum Gasteiger partial charge on any atom is -0.493 e. The number of nitro benzene ring substituents is 1. The molecule has 0 spiro atoms. The Morgan fingerprint density at radius 3 is 2.34 bits per heavy atom. The molecule has 1 amide bonds. The van der Waals surface area contributed by atoms with Gasteiger partial charge in [-0.3, -0.25) is 14.9 Å². The molecule has 0 N–H and O–H groups in total. The molecule has 3 rings (SSSR count). The minimum atomic E-state index is -0.559. The highest BCUT2D eigenvalue weighted by molar-refractivity contribution is 6.42. The van der Waals surface area contributed by atoms with Gasteiger partial charge in [0.1, 0.15) is 0 Å². The number of ether oxygens (including phenoxy) is 2. The highest BCUT2D eigenvalue weighted by atomic mass is 35.5. The number of hydrogen-bond acceptors (Lipinski definition) is 6. The van der Waals surface area contributed by atoms with Gasteiger partial charge in [0.05, 0.1) is 57.8 Å². The molecule has 0 atom stereocenters. The number of benzene rings is 2. The van der Waals surface area contributed by atoms with E-state index in [1.165, 1.54) is 38.5 Å². The smallest absolute Gasteiger partial charge is 0.280 e. The summed E-state index contributed by atoms with van der Waals surface area (Å²) in [5.41, 5.74) is 0.968. The van der Waals surface area contributed by atoms with Crippen molar-refractivity contribution in [3.05, 3.63) is 61.6 Å². The Morgan fingerprint density at radius 2 is 1.76 bits per heavy atom. The first kappa shape index (κ1) is 20.6. The summed E-state index contributed by atoms with van der Waals surface area (Å²) >= 11 is 11.9. The van der Waals surface area contributed by atoms with Crippen molar-refractivity contribution in [2.75, 3.05) is 19.2 Å².